The number of carbonyl (C=O) groups is 1. The molecule has 2 rings (SSSR count). The summed E-state index contributed by atoms with van der Waals surface area (Å²) < 4.78 is 5.43. The van der Waals surface area contributed by atoms with Crippen LogP contribution in [0.3, 0.4) is 0 Å². The molecule has 0 radical (unpaired) electrons. The first-order chi connectivity index (χ1) is 5.20. The van der Waals surface area contributed by atoms with Crippen molar-refractivity contribution in [3.63, 3.8) is 0 Å². The number of hydrogen-bond acceptors (Lipinski definition) is 3. The quantitative estimate of drug-likeness (QED) is 0.533. The minimum atomic E-state index is -0.0529. The third-order valence-electron chi connectivity index (χ3n) is 2.23. The van der Waals surface area contributed by atoms with Gasteiger partial charge in [0.2, 0.25) is 5.91 Å². The van der Waals surface area contributed by atoms with E-state index in [0.29, 0.717) is 6.54 Å². The van der Waals surface area contributed by atoms with Gasteiger partial charge in [-0.1, -0.05) is 7.43 Å². The normalized spacial score (nSPS) is 27.2. The lowest BCUT2D eigenvalue weighted by Gasteiger charge is -2.49. The van der Waals surface area contributed by atoms with Gasteiger partial charge in [0.1, 0.15) is 12.2 Å². The van der Waals surface area contributed by atoms with Crippen LogP contribution in [0.5, 0.6) is 0 Å². The Morgan fingerprint density at radius 3 is 2.67 bits per heavy atom. The molecule has 12 heavy (non-hydrogen) atoms. The highest BCUT2D eigenvalue weighted by Gasteiger charge is 2.44. The van der Waals surface area contributed by atoms with Gasteiger partial charge in [-0.05, 0) is 7.05 Å². The van der Waals surface area contributed by atoms with Crippen molar-refractivity contribution in [2.24, 2.45) is 0 Å². The summed E-state index contributed by atoms with van der Waals surface area (Å²) in [6.45, 7) is 2.78. The molecule has 0 aliphatic carbocycles. The van der Waals surface area contributed by atoms with Crippen molar-refractivity contribution in [1.82, 2.24) is 10.2 Å². The lowest BCUT2D eigenvalue weighted by Crippen LogP contribution is -2.69. The van der Waals surface area contributed by atoms with Gasteiger partial charge in [-0.15, -0.1) is 0 Å². The molecule has 1 amide bonds. The standard InChI is InChI=1S/C7H12N2O2.CH4/c1-9-4-7(5-9)3-8-6(10)2-11-7;/h2-5H2,1H3,(H,8,10);1H4. The zero-order chi connectivity index (χ0) is 7.90. The van der Waals surface area contributed by atoms with Gasteiger partial charge < -0.3 is 15.0 Å². The van der Waals surface area contributed by atoms with E-state index in [9.17, 15) is 4.79 Å². The molecule has 0 aromatic heterocycles. The number of likely N-dealkylation sites (tertiary alicyclic amines) is 1. The second kappa shape index (κ2) is 3.03. The maximum atomic E-state index is 10.7. The van der Waals surface area contributed by atoms with Crippen molar-refractivity contribution in [3.8, 4) is 0 Å². The number of rotatable bonds is 0. The summed E-state index contributed by atoms with van der Waals surface area (Å²) in [5.41, 5.74) is -0.0529. The summed E-state index contributed by atoms with van der Waals surface area (Å²) >= 11 is 0. The fourth-order valence-electron chi connectivity index (χ4n) is 1.72. The van der Waals surface area contributed by atoms with Crippen LogP contribution in [-0.4, -0.2) is 49.7 Å². The molecule has 4 heteroatoms. The molecule has 0 unspecified atom stereocenters. The number of hydrogen-bond donors (Lipinski definition) is 1. The largest absolute Gasteiger partial charge is 0.361 e. The second-order valence-electron chi connectivity index (χ2n) is 3.42. The lowest BCUT2D eigenvalue weighted by atomic mass is 9.93. The van der Waals surface area contributed by atoms with Crippen LogP contribution in [0.2, 0.25) is 0 Å². The van der Waals surface area contributed by atoms with Gasteiger partial charge in [-0.25, -0.2) is 0 Å². The Kier molecular flexibility index (Phi) is 2.39. The van der Waals surface area contributed by atoms with E-state index in [0.717, 1.165) is 13.1 Å². The number of nitrogens with zero attached hydrogens (tertiary/aromatic N) is 1. The van der Waals surface area contributed by atoms with Crippen molar-refractivity contribution in [3.05, 3.63) is 0 Å². The van der Waals surface area contributed by atoms with Crippen LogP contribution in [0.1, 0.15) is 7.43 Å². The first-order valence-corrected chi connectivity index (χ1v) is 3.79. The van der Waals surface area contributed by atoms with Gasteiger partial charge in [0, 0.05) is 19.6 Å². The van der Waals surface area contributed by atoms with Crippen molar-refractivity contribution in [2.75, 3.05) is 33.3 Å². The highest BCUT2D eigenvalue weighted by atomic mass is 16.5. The van der Waals surface area contributed by atoms with Gasteiger partial charge in [0.05, 0.1) is 0 Å². The molecule has 2 aliphatic heterocycles. The topological polar surface area (TPSA) is 41.6 Å². The molecule has 2 heterocycles. The average Bonchev–Trinajstić information content (AvgIpc) is 1.92. The molecule has 0 aromatic carbocycles. The van der Waals surface area contributed by atoms with Crippen molar-refractivity contribution < 1.29 is 9.53 Å². The second-order valence-corrected chi connectivity index (χ2v) is 3.42. The van der Waals surface area contributed by atoms with Crippen LogP contribution in [0.25, 0.3) is 0 Å². The minimum absolute atomic E-state index is 0. The zero-order valence-corrected chi connectivity index (χ0v) is 6.59. The molecule has 2 aliphatic rings. The fraction of sp³-hybridized carbons (Fsp3) is 0.875. The van der Waals surface area contributed by atoms with E-state index in [1.807, 2.05) is 7.05 Å². The van der Waals surface area contributed by atoms with Crippen LogP contribution in [0.15, 0.2) is 0 Å². The van der Waals surface area contributed by atoms with Gasteiger partial charge in [-0.3, -0.25) is 4.79 Å². The smallest absolute Gasteiger partial charge is 0.246 e. The molecule has 1 N–H and O–H groups in total. The molecule has 0 atom stereocenters. The van der Waals surface area contributed by atoms with Crippen LogP contribution in [0, 0.1) is 0 Å². The summed E-state index contributed by atoms with van der Waals surface area (Å²) in [4.78, 5) is 12.9. The number of likely N-dealkylation sites (N-methyl/N-ethyl adjacent to an activating group) is 1. The molecule has 0 saturated carbocycles. The summed E-state index contributed by atoms with van der Waals surface area (Å²) in [6, 6.07) is 0. The maximum absolute atomic E-state index is 10.7. The van der Waals surface area contributed by atoms with E-state index < -0.39 is 0 Å². The van der Waals surface area contributed by atoms with E-state index in [1.165, 1.54) is 0 Å². The van der Waals surface area contributed by atoms with Crippen LogP contribution in [0.4, 0.5) is 0 Å². The zero-order valence-electron chi connectivity index (χ0n) is 6.59. The monoisotopic (exact) mass is 172 g/mol. The Morgan fingerprint density at radius 1 is 1.58 bits per heavy atom. The summed E-state index contributed by atoms with van der Waals surface area (Å²) in [6.07, 6.45) is 0. The fourth-order valence-corrected chi connectivity index (χ4v) is 1.72. The predicted octanol–water partition coefficient (Wildman–Crippen LogP) is -0.547. The molecule has 1 spiro atoms. The van der Waals surface area contributed by atoms with E-state index in [2.05, 4.69) is 10.2 Å². The molecule has 0 bridgehead atoms. The molecule has 0 aromatic rings. The molecule has 70 valence electrons. The van der Waals surface area contributed by atoms with E-state index in [1.54, 1.807) is 0 Å². The number of nitrogens with one attached hydrogen (secondary N) is 1. The van der Waals surface area contributed by atoms with Crippen LogP contribution >= 0.6 is 0 Å². The molecular formula is C8H16N2O2. The van der Waals surface area contributed by atoms with Gasteiger partial charge in [0.15, 0.2) is 0 Å². The number of amides is 1. The highest BCUT2D eigenvalue weighted by molar-refractivity contribution is 5.78. The Morgan fingerprint density at radius 2 is 2.25 bits per heavy atom. The van der Waals surface area contributed by atoms with Gasteiger partial charge in [0.25, 0.3) is 0 Å². The first kappa shape index (κ1) is 9.48. The van der Waals surface area contributed by atoms with E-state index in [4.69, 9.17) is 4.74 Å². The highest BCUT2D eigenvalue weighted by Crippen LogP contribution is 2.24. The van der Waals surface area contributed by atoms with E-state index >= 15 is 0 Å². The number of ether oxygens (including phenoxy) is 1. The summed E-state index contributed by atoms with van der Waals surface area (Å²) in [7, 11) is 2.05. The lowest BCUT2D eigenvalue weighted by molar-refractivity contribution is -0.168. The maximum Gasteiger partial charge on any atom is 0.246 e. The third-order valence-corrected chi connectivity index (χ3v) is 2.23. The van der Waals surface area contributed by atoms with Crippen LogP contribution < -0.4 is 5.32 Å². The Balaban J connectivity index is 0.000000720. The summed E-state index contributed by atoms with van der Waals surface area (Å²) in [5.74, 6) is 0.00479. The van der Waals surface area contributed by atoms with Crippen LogP contribution in [-0.2, 0) is 9.53 Å². The predicted molar refractivity (Wildman–Crippen MR) is 45.9 cm³/mol. The molecule has 4 nitrogen and oxygen atoms in total. The average molecular weight is 172 g/mol. The SMILES string of the molecule is C.CN1CC2(CNC(=O)CO2)C1. The number of morpholine rings is 1. The van der Waals surface area contributed by atoms with Crippen molar-refractivity contribution in [1.29, 1.82) is 0 Å². The summed E-state index contributed by atoms with van der Waals surface area (Å²) in [5, 5.41) is 2.80. The molecular weight excluding hydrogens is 156 g/mol. The van der Waals surface area contributed by atoms with Crippen molar-refractivity contribution in [2.45, 2.75) is 13.0 Å². The molecule has 2 saturated heterocycles. The molecule has 2 fully saturated rings. The Bertz CT molecular complexity index is 175. The van der Waals surface area contributed by atoms with Gasteiger partial charge in [-0.2, -0.15) is 0 Å². The minimum Gasteiger partial charge on any atom is -0.361 e. The third kappa shape index (κ3) is 1.44. The van der Waals surface area contributed by atoms with Crippen molar-refractivity contribution >= 4 is 5.91 Å². The first-order valence-electron chi connectivity index (χ1n) is 3.79. The van der Waals surface area contributed by atoms with Gasteiger partial charge >= 0.3 is 0 Å². The Hall–Kier alpha value is -0.610. The Labute approximate surface area is 72.9 Å². The van der Waals surface area contributed by atoms with E-state index in [-0.39, 0.29) is 25.5 Å². The number of carbonyl (C=O) groups excluding carboxylic acids is 1.